The van der Waals surface area contributed by atoms with Gasteiger partial charge in [0.1, 0.15) is 5.75 Å². The van der Waals surface area contributed by atoms with Crippen LogP contribution in [0, 0.1) is 6.92 Å². The van der Waals surface area contributed by atoms with Crippen molar-refractivity contribution in [3.63, 3.8) is 0 Å². The van der Waals surface area contributed by atoms with Gasteiger partial charge in [0.05, 0.1) is 18.4 Å². The van der Waals surface area contributed by atoms with E-state index in [1.54, 1.807) is 43.5 Å². The molecule has 2 aromatic carbocycles. The van der Waals surface area contributed by atoms with Crippen LogP contribution in [0.5, 0.6) is 5.75 Å². The second-order valence-corrected chi connectivity index (χ2v) is 8.06. The van der Waals surface area contributed by atoms with Crippen LogP contribution in [0.2, 0.25) is 0 Å². The minimum absolute atomic E-state index is 0.156. The van der Waals surface area contributed by atoms with E-state index in [2.05, 4.69) is 5.32 Å². The molecular formula is C19H24N2O4S. The lowest BCUT2D eigenvalue weighted by atomic mass is 10.1. The van der Waals surface area contributed by atoms with Crippen molar-refractivity contribution < 1.29 is 17.9 Å². The smallest absolute Gasteiger partial charge is 0.242 e. The summed E-state index contributed by atoms with van der Waals surface area (Å²) in [7, 11) is -0.461. The molecule has 7 heteroatoms. The largest absolute Gasteiger partial charge is 0.497 e. The maximum Gasteiger partial charge on any atom is 0.242 e. The molecular weight excluding hydrogens is 352 g/mol. The minimum Gasteiger partial charge on any atom is -0.497 e. The Kier molecular flexibility index (Phi) is 6.76. The van der Waals surface area contributed by atoms with E-state index in [1.807, 2.05) is 19.1 Å². The highest BCUT2D eigenvalue weighted by Gasteiger charge is 2.20. The molecule has 0 bridgehead atoms. The fraction of sp³-hybridized carbons (Fsp3) is 0.316. The van der Waals surface area contributed by atoms with E-state index in [0.717, 1.165) is 16.9 Å². The first-order valence-electron chi connectivity index (χ1n) is 8.25. The van der Waals surface area contributed by atoms with E-state index in [9.17, 15) is 13.2 Å². The van der Waals surface area contributed by atoms with Gasteiger partial charge in [-0.15, -0.1) is 0 Å². The topological polar surface area (TPSA) is 75.7 Å². The summed E-state index contributed by atoms with van der Waals surface area (Å²) in [4.78, 5) is 12.2. The van der Waals surface area contributed by atoms with E-state index >= 15 is 0 Å². The number of likely N-dealkylation sites (N-methyl/N-ethyl adjacent to an activating group) is 1. The first kappa shape index (κ1) is 19.9. The maximum atomic E-state index is 12.5. The molecule has 0 saturated heterocycles. The van der Waals surface area contributed by atoms with Crippen LogP contribution in [0.4, 0.5) is 0 Å². The van der Waals surface area contributed by atoms with Gasteiger partial charge >= 0.3 is 0 Å². The Bertz CT molecular complexity index is 831. The van der Waals surface area contributed by atoms with Crippen LogP contribution >= 0.6 is 0 Å². The van der Waals surface area contributed by atoms with Crippen molar-refractivity contribution in [2.24, 2.45) is 0 Å². The van der Waals surface area contributed by atoms with Gasteiger partial charge in [-0.25, -0.2) is 8.42 Å². The molecule has 0 atom stereocenters. The first-order valence-corrected chi connectivity index (χ1v) is 9.69. The van der Waals surface area contributed by atoms with E-state index in [0.29, 0.717) is 0 Å². The van der Waals surface area contributed by atoms with Crippen LogP contribution in [0.3, 0.4) is 0 Å². The van der Waals surface area contributed by atoms with Gasteiger partial charge in [0.25, 0.3) is 0 Å². The highest BCUT2D eigenvalue weighted by Crippen LogP contribution is 2.14. The molecule has 26 heavy (non-hydrogen) atoms. The van der Waals surface area contributed by atoms with Crippen LogP contribution in [-0.4, -0.2) is 45.9 Å². The molecule has 1 N–H and O–H groups in total. The number of methoxy groups -OCH3 is 1. The number of amides is 1. The Morgan fingerprint density at radius 1 is 1.08 bits per heavy atom. The van der Waals surface area contributed by atoms with Gasteiger partial charge in [-0.1, -0.05) is 29.8 Å². The van der Waals surface area contributed by atoms with Gasteiger partial charge in [-0.2, -0.15) is 4.31 Å². The van der Waals surface area contributed by atoms with Crippen molar-refractivity contribution in [3.05, 3.63) is 59.7 Å². The summed E-state index contributed by atoms with van der Waals surface area (Å²) in [5.41, 5.74) is 1.86. The van der Waals surface area contributed by atoms with Crippen LogP contribution in [0.1, 0.15) is 11.1 Å². The van der Waals surface area contributed by atoms with Crippen LogP contribution in [0.25, 0.3) is 0 Å². The number of ether oxygens (including phenoxy) is 1. The van der Waals surface area contributed by atoms with Crippen molar-refractivity contribution >= 4 is 15.9 Å². The summed E-state index contributed by atoms with van der Waals surface area (Å²) in [5, 5.41) is 2.75. The molecule has 0 spiro atoms. The average molecular weight is 376 g/mol. The zero-order valence-corrected chi connectivity index (χ0v) is 16.0. The Morgan fingerprint density at radius 2 is 1.69 bits per heavy atom. The molecule has 0 aliphatic rings. The molecule has 140 valence electrons. The van der Waals surface area contributed by atoms with Crippen molar-refractivity contribution in [2.75, 3.05) is 27.2 Å². The molecule has 0 aliphatic heterocycles. The van der Waals surface area contributed by atoms with Crippen LogP contribution < -0.4 is 10.1 Å². The Labute approximate surface area is 154 Å². The lowest BCUT2D eigenvalue weighted by Gasteiger charge is -2.17. The third-order valence-electron chi connectivity index (χ3n) is 4.00. The number of benzene rings is 2. The average Bonchev–Trinajstić information content (AvgIpc) is 2.62. The molecule has 2 rings (SSSR count). The lowest BCUT2D eigenvalue weighted by molar-refractivity contribution is -0.120. The number of rotatable bonds is 8. The van der Waals surface area contributed by atoms with Gasteiger partial charge < -0.3 is 10.1 Å². The molecule has 6 nitrogen and oxygen atoms in total. The lowest BCUT2D eigenvalue weighted by Crippen LogP contribution is -2.36. The van der Waals surface area contributed by atoms with Gasteiger partial charge in [0.2, 0.25) is 15.9 Å². The molecule has 0 radical (unpaired) electrons. The van der Waals surface area contributed by atoms with Crippen LogP contribution in [-0.2, 0) is 21.2 Å². The van der Waals surface area contributed by atoms with Gasteiger partial charge in [0.15, 0.2) is 0 Å². The Morgan fingerprint density at radius 3 is 2.27 bits per heavy atom. The number of carbonyl (C=O) groups excluding carboxylic acids is 1. The summed E-state index contributed by atoms with van der Waals surface area (Å²) >= 11 is 0. The normalized spacial score (nSPS) is 11.4. The molecule has 0 fully saturated rings. The number of carbonyl (C=O) groups is 1. The summed E-state index contributed by atoms with van der Waals surface area (Å²) in [6.45, 7) is 2.35. The molecule has 0 aliphatic carbocycles. The third kappa shape index (κ3) is 5.31. The monoisotopic (exact) mass is 376 g/mol. The molecule has 1 amide bonds. The van der Waals surface area contributed by atoms with Crippen LogP contribution in [0.15, 0.2) is 53.4 Å². The number of nitrogens with zero attached hydrogens (tertiary/aromatic N) is 1. The number of hydrogen-bond acceptors (Lipinski definition) is 4. The number of sulfonamides is 1. The molecule has 0 saturated carbocycles. The first-order chi connectivity index (χ1) is 12.3. The second-order valence-electron chi connectivity index (χ2n) is 6.01. The second kappa shape index (κ2) is 8.82. The van der Waals surface area contributed by atoms with Crippen molar-refractivity contribution in [1.29, 1.82) is 0 Å². The number of nitrogens with one attached hydrogen (secondary N) is 1. The molecule has 0 unspecified atom stereocenters. The third-order valence-corrected chi connectivity index (χ3v) is 5.87. The predicted octanol–water partition coefficient (Wildman–Crippen LogP) is 1.98. The van der Waals surface area contributed by atoms with Crippen molar-refractivity contribution in [3.8, 4) is 5.75 Å². The van der Waals surface area contributed by atoms with Gasteiger partial charge in [-0.3, -0.25) is 4.79 Å². The summed E-state index contributed by atoms with van der Waals surface area (Å²) < 4.78 is 31.3. The van der Waals surface area contributed by atoms with E-state index in [1.165, 1.54) is 11.4 Å². The standard InChI is InChI=1S/C19H24N2O4S/c1-15-4-10-18(11-5-15)26(23,24)21(2)13-12-20-19(22)14-16-6-8-17(25-3)9-7-16/h4-11H,12-14H2,1-3H3,(H,20,22). The fourth-order valence-corrected chi connectivity index (χ4v) is 3.53. The minimum atomic E-state index is -3.55. The highest BCUT2D eigenvalue weighted by atomic mass is 32.2. The summed E-state index contributed by atoms with van der Waals surface area (Å²) in [5.74, 6) is 0.577. The maximum absolute atomic E-state index is 12.5. The molecule has 2 aromatic rings. The Balaban J connectivity index is 1.83. The number of aryl methyl sites for hydroxylation is 1. The van der Waals surface area contributed by atoms with Crippen molar-refractivity contribution in [1.82, 2.24) is 9.62 Å². The quantitative estimate of drug-likeness (QED) is 0.764. The number of hydrogen-bond donors (Lipinski definition) is 1. The zero-order chi connectivity index (χ0) is 19.2. The van der Waals surface area contributed by atoms with Gasteiger partial charge in [-0.05, 0) is 36.8 Å². The van der Waals surface area contributed by atoms with E-state index < -0.39 is 10.0 Å². The Hall–Kier alpha value is -2.38. The molecule has 0 heterocycles. The molecule has 0 aromatic heterocycles. The van der Waals surface area contributed by atoms with E-state index in [4.69, 9.17) is 4.74 Å². The summed E-state index contributed by atoms with van der Waals surface area (Å²) in [6, 6.07) is 13.9. The summed E-state index contributed by atoms with van der Waals surface area (Å²) in [6.07, 6.45) is 0.235. The zero-order valence-electron chi connectivity index (χ0n) is 15.2. The van der Waals surface area contributed by atoms with Crippen molar-refractivity contribution in [2.45, 2.75) is 18.2 Å². The SMILES string of the molecule is COc1ccc(CC(=O)NCCN(C)S(=O)(=O)c2ccc(C)cc2)cc1. The predicted molar refractivity (Wildman–Crippen MR) is 101 cm³/mol. The fourth-order valence-electron chi connectivity index (χ4n) is 2.35. The van der Waals surface area contributed by atoms with E-state index in [-0.39, 0.29) is 30.3 Å². The van der Waals surface area contributed by atoms with Gasteiger partial charge in [0, 0.05) is 20.1 Å². The highest BCUT2D eigenvalue weighted by molar-refractivity contribution is 7.89.